The van der Waals surface area contributed by atoms with Crippen molar-refractivity contribution in [3.63, 3.8) is 0 Å². The van der Waals surface area contributed by atoms with E-state index in [1.165, 1.54) is 7.11 Å². The summed E-state index contributed by atoms with van der Waals surface area (Å²) in [6.07, 6.45) is 4.98. The third-order valence-corrected chi connectivity index (χ3v) is 6.18. The summed E-state index contributed by atoms with van der Waals surface area (Å²) >= 11 is 8.67. The van der Waals surface area contributed by atoms with E-state index in [9.17, 15) is 13.2 Å². The molecule has 0 aliphatic carbocycles. The van der Waals surface area contributed by atoms with Gasteiger partial charge in [0.1, 0.15) is 0 Å². The average Bonchev–Trinajstić information content (AvgIpc) is 2.51. The van der Waals surface area contributed by atoms with Crippen LogP contribution in [0.1, 0.15) is 38.5 Å². The summed E-state index contributed by atoms with van der Waals surface area (Å²) < 4.78 is 27.7. The lowest BCUT2D eigenvalue weighted by molar-refractivity contribution is -0.889. The molecule has 0 saturated heterocycles. The summed E-state index contributed by atoms with van der Waals surface area (Å²) in [5.74, 6) is 0.948. The second kappa shape index (κ2) is 13.2. The van der Waals surface area contributed by atoms with Gasteiger partial charge in [0, 0.05) is 18.1 Å². The molecule has 1 atom stereocenters. The van der Waals surface area contributed by atoms with Crippen molar-refractivity contribution < 1.29 is 21.9 Å². The van der Waals surface area contributed by atoms with Gasteiger partial charge in [-0.25, -0.2) is 0 Å². The number of quaternary nitrogens is 1. The third-order valence-electron chi connectivity index (χ3n) is 4.10. The highest BCUT2D eigenvalue weighted by Crippen LogP contribution is 2.12. The Labute approximate surface area is 164 Å². The van der Waals surface area contributed by atoms with Crippen LogP contribution in [-0.4, -0.2) is 76.4 Å². The number of likely N-dealkylation sites (N-methyl/N-ethyl adjacent to an activating group) is 1. The molecule has 0 radical (unpaired) electrons. The summed E-state index contributed by atoms with van der Waals surface area (Å²) in [5.41, 5.74) is 0. The van der Waals surface area contributed by atoms with Crippen LogP contribution in [-0.2, 0) is 19.1 Å². The highest BCUT2D eigenvalue weighted by Gasteiger charge is 2.17. The summed E-state index contributed by atoms with van der Waals surface area (Å²) in [6.45, 7) is 2.07. The Morgan fingerprint density at radius 2 is 1.84 bits per heavy atom. The van der Waals surface area contributed by atoms with E-state index in [-0.39, 0.29) is 11.7 Å². The van der Waals surface area contributed by atoms with Crippen LogP contribution in [0.4, 0.5) is 0 Å². The van der Waals surface area contributed by atoms with Crippen LogP contribution in [0.2, 0.25) is 0 Å². The first-order chi connectivity index (χ1) is 11.6. The number of unbranched alkanes of at least 4 members (excludes halogenated alkanes) is 1. The quantitative estimate of drug-likeness (QED) is 0.165. The zero-order chi connectivity index (χ0) is 19.3. The van der Waals surface area contributed by atoms with Crippen molar-refractivity contribution in [2.75, 3.05) is 52.3 Å². The average molecular weight is 416 g/mol. The number of hydrogen-bond acceptors (Lipinski definition) is 6. The van der Waals surface area contributed by atoms with E-state index >= 15 is 0 Å². The molecule has 1 unspecified atom stereocenters. The molecule has 150 valence electrons. The van der Waals surface area contributed by atoms with Gasteiger partial charge in [-0.2, -0.15) is 33.7 Å². The van der Waals surface area contributed by atoms with Gasteiger partial charge in [-0.1, -0.05) is 6.42 Å². The summed E-state index contributed by atoms with van der Waals surface area (Å²) in [6, 6.07) is 0. The van der Waals surface area contributed by atoms with Crippen LogP contribution in [0.3, 0.4) is 0 Å². The van der Waals surface area contributed by atoms with Crippen LogP contribution in [0.25, 0.3) is 0 Å². The largest absolute Gasteiger partial charge is 0.350 e. The normalized spacial score (nSPS) is 13.6. The number of carbonyl (C=O) groups is 1. The minimum absolute atomic E-state index is 0.0247. The van der Waals surface area contributed by atoms with Crippen molar-refractivity contribution >= 4 is 41.3 Å². The van der Waals surface area contributed by atoms with Gasteiger partial charge >= 0.3 is 0 Å². The molecule has 0 aromatic rings. The van der Waals surface area contributed by atoms with E-state index in [0.29, 0.717) is 35.7 Å². The second-order valence-electron chi connectivity index (χ2n) is 6.93. The lowest BCUT2D eigenvalue weighted by atomic mass is 10.1. The van der Waals surface area contributed by atoms with E-state index in [2.05, 4.69) is 34.8 Å². The number of nitrogens with zero attached hydrogens (tertiary/aromatic N) is 1. The Bertz CT molecular complexity index is 470. The van der Waals surface area contributed by atoms with Crippen LogP contribution < -0.4 is 5.32 Å². The maximum absolute atomic E-state index is 11.8. The molecule has 1 N–H and O–H groups in total. The molecule has 0 rings (SSSR count). The van der Waals surface area contributed by atoms with Crippen molar-refractivity contribution in [3.05, 3.63) is 0 Å². The van der Waals surface area contributed by atoms with E-state index in [1.807, 2.05) is 14.1 Å². The molecule has 0 aromatic carbocycles. The SMILES string of the molecule is COS(=O)(=O)CCC[N+](C)(C)CCNC(=O)CCCCC(S)CCS. The molecule has 0 aliphatic rings. The summed E-state index contributed by atoms with van der Waals surface area (Å²) in [5, 5.41) is 3.32. The Kier molecular flexibility index (Phi) is 13.3. The molecule has 0 heterocycles. The molecule has 1 amide bonds. The zero-order valence-electron chi connectivity index (χ0n) is 15.7. The molecular formula is C16H35N2O4S3+. The highest BCUT2D eigenvalue weighted by molar-refractivity contribution is 7.86. The first-order valence-electron chi connectivity index (χ1n) is 8.78. The predicted octanol–water partition coefficient (Wildman–Crippen LogP) is 1.72. The van der Waals surface area contributed by atoms with Crippen molar-refractivity contribution in [1.82, 2.24) is 5.32 Å². The Morgan fingerprint density at radius 1 is 1.16 bits per heavy atom. The minimum atomic E-state index is -3.39. The molecular weight excluding hydrogens is 380 g/mol. The van der Waals surface area contributed by atoms with E-state index in [0.717, 1.165) is 38.0 Å². The fourth-order valence-corrected chi connectivity index (χ4v) is 3.89. The van der Waals surface area contributed by atoms with Gasteiger partial charge in [0.05, 0.1) is 46.6 Å². The number of amides is 1. The number of carbonyl (C=O) groups excluding carboxylic acids is 1. The summed E-state index contributed by atoms with van der Waals surface area (Å²) in [4.78, 5) is 11.8. The summed E-state index contributed by atoms with van der Waals surface area (Å²) in [7, 11) is 1.85. The van der Waals surface area contributed by atoms with Crippen molar-refractivity contribution in [3.8, 4) is 0 Å². The van der Waals surface area contributed by atoms with E-state index < -0.39 is 10.1 Å². The van der Waals surface area contributed by atoms with Crippen LogP contribution in [0, 0.1) is 0 Å². The lowest BCUT2D eigenvalue weighted by Gasteiger charge is -2.29. The maximum Gasteiger partial charge on any atom is 0.267 e. The molecule has 0 bridgehead atoms. The number of rotatable bonds is 15. The predicted molar refractivity (Wildman–Crippen MR) is 110 cm³/mol. The smallest absolute Gasteiger partial charge is 0.267 e. The topological polar surface area (TPSA) is 72.5 Å². The van der Waals surface area contributed by atoms with Gasteiger partial charge in [-0.3, -0.25) is 8.98 Å². The Balaban J connectivity index is 3.80. The van der Waals surface area contributed by atoms with Crippen LogP contribution in [0.5, 0.6) is 0 Å². The van der Waals surface area contributed by atoms with Crippen molar-refractivity contribution in [2.45, 2.75) is 43.8 Å². The molecule has 6 nitrogen and oxygen atoms in total. The van der Waals surface area contributed by atoms with E-state index in [1.54, 1.807) is 0 Å². The Morgan fingerprint density at radius 3 is 2.44 bits per heavy atom. The van der Waals surface area contributed by atoms with Gasteiger partial charge in [0.2, 0.25) is 5.91 Å². The van der Waals surface area contributed by atoms with Gasteiger partial charge in [0.15, 0.2) is 0 Å². The minimum Gasteiger partial charge on any atom is -0.350 e. The number of nitrogens with one attached hydrogen (secondary N) is 1. The zero-order valence-corrected chi connectivity index (χ0v) is 18.3. The molecule has 0 spiro atoms. The fraction of sp³-hybridized carbons (Fsp3) is 0.938. The Hall–Kier alpha value is 0.0400. The van der Waals surface area contributed by atoms with Gasteiger partial charge in [-0.05, 0) is 25.0 Å². The van der Waals surface area contributed by atoms with Crippen LogP contribution >= 0.6 is 25.3 Å². The maximum atomic E-state index is 11.8. The molecule has 0 aliphatic heterocycles. The van der Waals surface area contributed by atoms with Gasteiger partial charge < -0.3 is 9.80 Å². The van der Waals surface area contributed by atoms with Crippen molar-refractivity contribution in [1.29, 1.82) is 0 Å². The fourth-order valence-electron chi connectivity index (χ4n) is 2.41. The molecule has 25 heavy (non-hydrogen) atoms. The van der Waals surface area contributed by atoms with Crippen molar-refractivity contribution in [2.24, 2.45) is 0 Å². The monoisotopic (exact) mass is 415 g/mol. The third kappa shape index (κ3) is 14.9. The molecule has 0 saturated carbocycles. The highest BCUT2D eigenvalue weighted by atomic mass is 32.2. The number of hydrogen-bond donors (Lipinski definition) is 3. The lowest BCUT2D eigenvalue weighted by Crippen LogP contribution is -2.46. The van der Waals surface area contributed by atoms with Crippen LogP contribution in [0.15, 0.2) is 0 Å². The first-order valence-corrected chi connectivity index (χ1v) is 11.5. The molecule has 0 aromatic heterocycles. The van der Waals surface area contributed by atoms with Gasteiger partial charge in [-0.15, -0.1) is 0 Å². The van der Waals surface area contributed by atoms with E-state index in [4.69, 9.17) is 0 Å². The number of thiol groups is 2. The first kappa shape index (κ1) is 25.0. The van der Waals surface area contributed by atoms with Gasteiger partial charge in [0.25, 0.3) is 10.1 Å². The second-order valence-corrected chi connectivity index (χ2v) is 9.96. The standard InChI is InChI=1S/C16H34N2O4S3/c1-18(2,11-6-14-25(20,21)22-3)12-10-17-16(19)8-5-4-7-15(24)9-13-23/h15H,4-14H2,1-3H3,(H2-,17,19,23,24)/p+1. The molecule has 0 fully saturated rings. The molecule has 9 heteroatoms.